The summed E-state index contributed by atoms with van der Waals surface area (Å²) in [6.45, 7) is 5.60. The summed E-state index contributed by atoms with van der Waals surface area (Å²) in [6.07, 6.45) is 2.01. The van der Waals surface area contributed by atoms with Crippen molar-refractivity contribution in [1.29, 1.82) is 0 Å². The molecule has 0 aliphatic rings. The number of hydrogen-bond donors (Lipinski definition) is 0. The lowest BCUT2D eigenvalue weighted by Gasteiger charge is -2.11. The van der Waals surface area contributed by atoms with Crippen LogP contribution in [0.15, 0.2) is 23.4 Å². The third-order valence-electron chi connectivity index (χ3n) is 3.89. The Morgan fingerprint density at radius 3 is 2.72 bits per heavy atom. The van der Waals surface area contributed by atoms with Gasteiger partial charge in [0, 0.05) is 22.0 Å². The van der Waals surface area contributed by atoms with Gasteiger partial charge < -0.3 is 4.74 Å². The van der Waals surface area contributed by atoms with Gasteiger partial charge in [-0.25, -0.2) is 9.50 Å². The van der Waals surface area contributed by atoms with Crippen molar-refractivity contribution < 1.29 is 9.53 Å². The van der Waals surface area contributed by atoms with Crippen molar-refractivity contribution >= 4 is 35.1 Å². The lowest BCUT2D eigenvalue weighted by atomic mass is 10.1. The molecule has 3 aromatic rings. The Morgan fingerprint density at radius 2 is 2.04 bits per heavy atom. The van der Waals surface area contributed by atoms with Crippen molar-refractivity contribution in [1.82, 2.24) is 19.6 Å². The first-order valence-corrected chi connectivity index (χ1v) is 9.23. The van der Waals surface area contributed by atoms with E-state index in [-0.39, 0.29) is 12.4 Å². The van der Waals surface area contributed by atoms with E-state index in [0.717, 1.165) is 22.5 Å². The van der Waals surface area contributed by atoms with Crippen LogP contribution >= 0.6 is 23.4 Å². The Kier molecular flexibility index (Phi) is 4.96. The van der Waals surface area contributed by atoms with Gasteiger partial charge >= 0.3 is 5.97 Å². The number of aromatic nitrogens is 4. The van der Waals surface area contributed by atoms with E-state index in [1.807, 2.05) is 27.0 Å². The van der Waals surface area contributed by atoms with Crippen molar-refractivity contribution in [3.8, 4) is 5.75 Å². The van der Waals surface area contributed by atoms with E-state index in [1.165, 1.54) is 11.8 Å². The predicted octanol–water partition coefficient (Wildman–Crippen LogP) is 3.57. The van der Waals surface area contributed by atoms with Gasteiger partial charge in [0.15, 0.2) is 0 Å². The number of thioether (sulfide) groups is 1. The summed E-state index contributed by atoms with van der Waals surface area (Å²) in [6, 6.07) is 5.15. The summed E-state index contributed by atoms with van der Waals surface area (Å²) in [5, 5.41) is 5.64. The molecule has 0 radical (unpaired) electrons. The first kappa shape index (κ1) is 17.7. The second-order valence-corrected chi connectivity index (χ2v) is 6.84. The number of aryl methyl sites for hydroxylation is 3. The first-order chi connectivity index (χ1) is 11.9. The standard InChI is InChI=1S/C17H17ClN4O2S/c1-9-7-12(18)5-6-14(9)24-15(23)8-13-10(2)19-16-20-17(25-4)21-22(16)11(13)3/h5-7H,8H2,1-4H3. The van der Waals surface area contributed by atoms with Crippen LogP contribution in [-0.4, -0.2) is 31.8 Å². The molecule has 0 saturated heterocycles. The molecule has 130 valence electrons. The molecule has 25 heavy (non-hydrogen) atoms. The molecule has 0 aliphatic heterocycles. The highest BCUT2D eigenvalue weighted by Crippen LogP contribution is 2.23. The zero-order valence-electron chi connectivity index (χ0n) is 14.3. The van der Waals surface area contributed by atoms with Crippen LogP contribution in [0.1, 0.15) is 22.5 Å². The zero-order valence-corrected chi connectivity index (χ0v) is 15.9. The topological polar surface area (TPSA) is 69.4 Å². The monoisotopic (exact) mass is 376 g/mol. The Morgan fingerprint density at radius 1 is 1.28 bits per heavy atom. The van der Waals surface area contributed by atoms with Crippen LogP contribution in [0.3, 0.4) is 0 Å². The molecule has 0 N–H and O–H groups in total. The van der Waals surface area contributed by atoms with E-state index in [9.17, 15) is 4.79 Å². The summed E-state index contributed by atoms with van der Waals surface area (Å²) >= 11 is 7.38. The highest BCUT2D eigenvalue weighted by Gasteiger charge is 2.17. The third-order valence-corrected chi connectivity index (χ3v) is 4.67. The van der Waals surface area contributed by atoms with Crippen molar-refractivity contribution in [2.75, 3.05) is 6.26 Å². The molecule has 6 nitrogen and oxygen atoms in total. The number of carbonyl (C=O) groups excluding carboxylic acids is 1. The van der Waals surface area contributed by atoms with E-state index in [2.05, 4.69) is 15.1 Å². The van der Waals surface area contributed by atoms with E-state index < -0.39 is 0 Å². The summed E-state index contributed by atoms with van der Waals surface area (Å²) in [5.74, 6) is 0.678. The van der Waals surface area contributed by atoms with Crippen molar-refractivity contribution in [3.05, 3.63) is 45.7 Å². The van der Waals surface area contributed by atoms with E-state index in [1.54, 1.807) is 22.7 Å². The predicted molar refractivity (Wildman–Crippen MR) is 97.6 cm³/mol. The number of esters is 1. The van der Waals surface area contributed by atoms with Gasteiger partial charge in [0.05, 0.1) is 6.42 Å². The highest BCUT2D eigenvalue weighted by atomic mass is 35.5. The van der Waals surface area contributed by atoms with E-state index in [0.29, 0.717) is 21.7 Å². The molecule has 0 amide bonds. The Hall–Kier alpha value is -2.12. The Balaban J connectivity index is 1.87. The summed E-state index contributed by atoms with van der Waals surface area (Å²) in [5.41, 5.74) is 3.18. The molecular weight excluding hydrogens is 360 g/mol. The van der Waals surface area contributed by atoms with Crippen molar-refractivity contribution in [2.45, 2.75) is 32.3 Å². The third kappa shape index (κ3) is 3.62. The minimum Gasteiger partial charge on any atom is -0.426 e. The fraction of sp³-hybridized carbons (Fsp3) is 0.294. The van der Waals surface area contributed by atoms with Gasteiger partial charge in [-0.05, 0) is 50.8 Å². The van der Waals surface area contributed by atoms with Gasteiger partial charge in [-0.1, -0.05) is 23.4 Å². The summed E-state index contributed by atoms with van der Waals surface area (Å²) < 4.78 is 7.14. The molecule has 0 aliphatic carbocycles. The van der Waals surface area contributed by atoms with Gasteiger partial charge in [0.25, 0.3) is 5.78 Å². The lowest BCUT2D eigenvalue weighted by Crippen LogP contribution is -2.16. The molecule has 2 aromatic heterocycles. The largest absolute Gasteiger partial charge is 0.426 e. The average molecular weight is 377 g/mol. The van der Waals surface area contributed by atoms with E-state index in [4.69, 9.17) is 16.3 Å². The van der Waals surface area contributed by atoms with Gasteiger partial charge in [0.1, 0.15) is 5.75 Å². The summed E-state index contributed by atoms with van der Waals surface area (Å²) in [7, 11) is 0. The molecule has 0 spiro atoms. The van der Waals surface area contributed by atoms with E-state index >= 15 is 0 Å². The quantitative estimate of drug-likeness (QED) is 0.394. The summed E-state index contributed by atoms with van der Waals surface area (Å²) in [4.78, 5) is 21.2. The number of carbonyl (C=O) groups is 1. The molecule has 0 bridgehead atoms. The van der Waals surface area contributed by atoms with Crippen LogP contribution in [0.25, 0.3) is 5.78 Å². The SMILES string of the molecule is CSc1nc2nc(C)c(CC(=O)Oc3ccc(Cl)cc3C)c(C)n2n1. The number of halogens is 1. The maximum Gasteiger partial charge on any atom is 0.315 e. The van der Waals surface area contributed by atoms with Crippen molar-refractivity contribution in [3.63, 3.8) is 0 Å². The maximum atomic E-state index is 12.4. The fourth-order valence-corrected chi connectivity index (χ4v) is 3.13. The molecule has 3 rings (SSSR count). The molecule has 2 heterocycles. The fourth-order valence-electron chi connectivity index (χ4n) is 2.56. The van der Waals surface area contributed by atoms with Crippen LogP contribution in [0.4, 0.5) is 0 Å². The van der Waals surface area contributed by atoms with Crippen LogP contribution in [-0.2, 0) is 11.2 Å². The van der Waals surface area contributed by atoms with Crippen LogP contribution in [0.5, 0.6) is 5.75 Å². The van der Waals surface area contributed by atoms with Gasteiger partial charge in [-0.15, -0.1) is 5.10 Å². The molecular formula is C17H17ClN4O2S. The minimum atomic E-state index is -0.358. The minimum absolute atomic E-state index is 0.108. The normalized spacial score (nSPS) is 11.1. The molecule has 8 heteroatoms. The van der Waals surface area contributed by atoms with Crippen LogP contribution in [0.2, 0.25) is 5.02 Å². The van der Waals surface area contributed by atoms with Gasteiger partial charge in [-0.2, -0.15) is 4.98 Å². The molecule has 1 aromatic carbocycles. The highest BCUT2D eigenvalue weighted by molar-refractivity contribution is 7.98. The zero-order chi connectivity index (χ0) is 18.1. The number of fused-ring (bicyclic) bond motifs is 1. The van der Waals surface area contributed by atoms with Crippen LogP contribution in [0, 0.1) is 20.8 Å². The number of ether oxygens (including phenoxy) is 1. The van der Waals surface area contributed by atoms with Crippen LogP contribution < -0.4 is 4.74 Å². The number of nitrogens with zero attached hydrogens (tertiary/aromatic N) is 4. The maximum absolute atomic E-state index is 12.4. The smallest absolute Gasteiger partial charge is 0.315 e. The number of hydrogen-bond acceptors (Lipinski definition) is 6. The Bertz CT molecular complexity index is 971. The molecule has 0 saturated carbocycles. The second-order valence-electron chi connectivity index (χ2n) is 5.63. The van der Waals surface area contributed by atoms with Crippen molar-refractivity contribution in [2.24, 2.45) is 0 Å². The Labute approximate surface area is 154 Å². The molecule has 0 fully saturated rings. The first-order valence-electron chi connectivity index (χ1n) is 7.62. The average Bonchev–Trinajstić information content (AvgIpc) is 2.97. The molecule has 0 atom stereocenters. The van der Waals surface area contributed by atoms with Gasteiger partial charge in [-0.3, -0.25) is 4.79 Å². The molecule has 0 unspecified atom stereocenters. The number of benzene rings is 1. The number of rotatable bonds is 4. The van der Waals surface area contributed by atoms with Gasteiger partial charge in [0.2, 0.25) is 5.16 Å². The lowest BCUT2D eigenvalue weighted by molar-refractivity contribution is -0.133. The second kappa shape index (κ2) is 7.01.